The van der Waals surface area contributed by atoms with Crippen molar-refractivity contribution < 1.29 is 19.1 Å². The first-order chi connectivity index (χ1) is 7.49. The van der Waals surface area contributed by atoms with Gasteiger partial charge in [0.15, 0.2) is 5.76 Å². The first kappa shape index (κ1) is 12.3. The predicted molar refractivity (Wildman–Crippen MR) is 57.3 cm³/mol. The standard InChI is InChI=1S/C11H15NO4/c1-4-8(11(14)15)12(3)10(13)9-7(2)5-6-16-9/h5-6,8H,4H2,1-3H3,(H,14,15). The van der Waals surface area contributed by atoms with Gasteiger partial charge in [0.2, 0.25) is 0 Å². The third-order valence-electron chi connectivity index (χ3n) is 2.52. The molecule has 88 valence electrons. The molecule has 1 heterocycles. The van der Waals surface area contributed by atoms with E-state index in [9.17, 15) is 9.59 Å². The van der Waals surface area contributed by atoms with Gasteiger partial charge in [-0.2, -0.15) is 0 Å². The van der Waals surface area contributed by atoms with Gasteiger partial charge in [0.25, 0.3) is 5.91 Å². The van der Waals surface area contributed by atoms with Gasteiger partial charge < -0.3 is 14.4 Å². The van der Waals surface area contributed by atoms with E-state index in [0.29, 0.717) is 12.0 Å². The number of aliphatic carboxylic acids is 1. The monoisotopic (exact) mass is 225 g/mol. The summed E-state index contributed by atoms with van der Waals surface area (Å²) in [5.41, 5.74) is 0.706. The second-order valence-electron chi connectivity index (χ2n) is 3.61. The fourth-order valence-corrected chi connectivity index (χ4v) is 1.51. The molecule has 5 nitrogen and oxygen atoms in total. The van der Waals surface area contributed by atoms with Crippen molar-refractivity contribution in [2.45, 2.75) is 26.3 Å². The van der Waals surface area contributed by atoms with E-state index in [1.807, 2.05) is 0 Å². The molecular formula is C11H15NO4. The van der Waals surface area contributed by atoms with Gasteiger partial charge in [0.1, 0.15) is 6.04 Å². The van der Waals surface area contributed by atoms with Crippen molar-refractivity contribution in [2.24, 2.45) is 0 Å². The molecule has 1 atom stereocenters. The maximum absolute atomic E-state index is 11.9. The Morgan fingerprint density at radius 1 is 1.56 bits per heavy atom. The lowest BCUT2D eigenvalue weighted by Gasteiger charge is -2.22. The van der Waals surface area contributed by atoms with Crippen LogP contribution in [0.4, 0.5) is 0 Å². The highest BCUT2D eigenvalue weighted by atomic mass is 16.4. The van der Waals surface area contributed by atoms with Crippen LogP contribution in [0.5, 0.6) is 0 Å². The van der Waals surface area contributed by atoms with Crippen molar-refractivity contribution in [3.63, 3.8) is 0 Å². The molecule has 1 amide bonds. The van der Waals surface area contributed by atoms with Crippen LogP contribution in [0.15, 0.2) is 16.7 Å². The molecule has 0 aromatic carbocycles. The minimum Gasteiger partial charge on any atom is -0.480 e. The number of likely N-dealkylation sites (N-methyl/N-ethyl adjacent to an activating group) is 1. The molecule has 1 unspecified atom stereocenters. The third kappa shape index (κ3) is 2.24. The molecule has 0 radical (unpaired) electrons. The van der Waals surface area contributed by atoms with Crippen LogP contribution in [-0.4, -0.2) is 35.0 Å². The number of rotatable bonds is 4. The number of carboxylic acid groups (broad SMARTS) is 1. The Morgan fingerprint density at radius 3 is 2.56 bits per heavy atom. The molecule has 5 heteroatoms. The zero-order valence-corrected chi connectivity index (χ0v) is 9.56. The van der Waals surface area contributed by atoms with Gasteiger partial charge in [-0.15, -0.1) is 0 Å². The quantitative estimate of drug-likeness (QED) is 0.843. The number of hydrogen-bond donors (Lipinski definition) is 1. The molecule has 1 aromatic rings. The highest BCUT2D eigenvalue weighted by molar-refractivity contribution is 5.95. The Bertz CT molecular complexity index is 396. The van der Waals surface area contributed by atoms with E-state index in [0.717, 1.165) is 0 Å². The van der Waals surface area contributed by atoms with E-state index < -0.39 is 17.9 Å². The number of carboxylic acids is 1. The molecule has 16 heavy (non-hydrogen) atoms. The zero-order valence-electron chi connectivity index (χ0n) is 9.56. The highest BCUT2D eigenvalue weighted by Crippen LogP contribution is 2.14. The van der Waals surface area contributed by atoms with Crippen LogP contribution >= 0.6 is 0 Å². The Morgan fingerprint density at radius 2 is 2.19 bits per heavy atom. The van der Waals surface area contributed by atoms with Gasteiger partial charge in [0, 0.05) is 12.6 Å². The fourth-order valence-electron chi connectivity index (χ4n) is 1.51. The summed E-state index contributed by atoms with van der Waals surface area (Å²) in [5, 5.41) is 8.93. The second-order valence-corrected chi connectivity index (χ2v) is 3.61. The molecule has 0 aliphatic carbocycles. The molecule has 0 spiro atoms. The van der Waals surface area contributed by atoms with Gasteiger partial charge >= 0.3 is 5.97 Å². The molecule has 1 aromatic heterocycles. The topological polar surface area (TPSA) is 70.8 Å². The maximum Gasteiger partial charge on any atom is 0.326 e. The van der Waals surface area contributed by atoms with Crippen LogP contribution in [0, 0.1) is 6.92 Å². The molecule has 0 fully saturated rings. The lowest BCUT2D eigenvalue weighted by atomic mass is 10.2. The zero-order chi connectivity index (χ0) is 12.3. The number of amides is 1. The minimum atomic E-state index is -1.01. The van der Waals surface area contributed by atoms with Gasteiger partial charge in [-0.25, -0.2) is 4.79 Å². The van der Waals surface area contributed by atoms with Crippen molar-refractivity contribution in [1.29, 1.82) is 0 Å². The lowest BCUT2D eigenvalue weighted by Crippen LogP contribution is -2.42. The molecule has 0 aliphatic rings. The number of hydrogen-bond acceptors (Lipinski definition) is 3. The second kappa shape index (κ2) is 4.83. The number of carbonyl (C=O) groups is 2. The van der Waals surface area contributed by atoms with Crippen molar-refractivity contribution in [2.75, 3.05) is 7.05 Å². The SMILES string of the molecule is CCC(C(=O)O)N(C)C(=O)c1occc1C. The summed E-state index contributed by atoms with van der Waals surface area (Å²) in [6.07, 6.45) is 1.77. The number of carbonyl (C=O) groups excluding carboxylic acids is 1. The first-order valence-corrected chi connectivity index (χ1v) is 5.03. The van der Waals surface area contributed by atoms with Crippen molar-refractivity contribution >= 4 is 11.9 Å². The lowest BCUT2D eigenvalue weighted by molar-refractivity contribution is -0.142. The Kier molecular flexibility index (Phi) is 3.71. The Hall–Kier alpha value is -1.78. The van der Waals surface area contributed by atoms with E-state index in [1.165, 1.54) is 18.2 Å². The van der Waals surface area contributed by atoms with Crippen LogP contribution in [0.2, 0.25) is 0 Å². The largest absolute Gasteiger partial charge is 0.480 e. The number of furan rings is 1. The van der Waals surface area contributed by atoms with Gasteiger partial charge in [0.05, 0.1) is 6.26 Å². The summed E-state index contributed by atoms with van der Waals surface area (Å²) >= 11 is 0. The molecule has 0 saturated heterocycles. The van der Waals surface area contributed by atoms with Crippen molar-refractivity contribution in [3.05, 3.63) is 23.7 Å². The van der Waals surface area contributed by atoms with Crippen LogP contribution in [0.25, 0.3) is 0 Å². The molecule has 1 rings (SSSR count). The predicted octanol–water partition coefficient (Wildman–Crippen LogP) is 1.52. The van der Waals surface area contributed by atoms with E-state index in [2.05, 4.69) is 0 Å². The molecular weight excluding hydrogens is 210 g/mol. The van der Waals surface area contributed by atoms with E-state index in [4.69, 9.17) is 9.52 Å². The maximum atomic E-state index is 11.9. The van der Waals surface area contributed by atoms with Crippen LogP contribution in [-0.2, 0) is 4.79 Å². The summed E-state index contributed by atoms with van der Waals surface area (Å²) in [4.78, 5) is 24.0. The van der Waals surface area contributed by atoms with Crippen LogP contribution in [0.3, 0.4) is 0 Å². The summed E-state index contributed by atoms with van der Waals surface area (Å²) in [6.45, 7) is 3.46. The van der Waals surface area contributed by atoms with Crippen LogP contribution < -0.4 is 0 Å². The molecule has 0 aliphatic heterocycles. The summed E-state index contributed by atoms with van der Waals surface area (Å²) < 4.78 is 5.04. The Balaban J connectivity index is 2.90. The van der Waals surface area contributed by atoms with Gasteiger partial charge in [-0.05, 0) is 19.4 Å². The van der Waals surface area contributed by atoms with E-state index in [-0.39, 0.29) is 5.76 Å². The minimum absolute atomic E-state index is 0.196. The van der Waals surface area contributed by atoms with Crippen molar-refractivity contribution in [1.82, 2.24) is 4.90 Å². The van der Waals surface area contributed by atoms with E-state index in [1.54, 1.807) is 19.9 Å². The van der Waals surface area contributed by atoms with Crippen molar-refractivity contribution in [3.8, 4) is 0 Å². The number of aryl methyl sites for hydroxylation is 1. The van der Waals surface area contributed by atoms with Gasteiger partial charge in [-0.3, -0.25) is 4.79 Å². The third-order valence-corrected chi connectivity index (χ3v) is 2.52. The number of nitrogens with zero attached hydrogens (tertiary/aromatic N) is 1. The Labute approximate surface area is 93.7 Å². The average Bonchev–Trinajstić information content (AvgIpc) is 2.63. The van der Waals surface area contributed by atoms with Crippen LogP contribution in [0.1, 0.15) is 29.5 Å². The molecule has 1 N–H and O–H groups in total. The summed E-state index contributed by atoms with van der Waals surface area (Å²) in [5.74, 6) is -1.22. The summed E-state index contributed by atoms with van der Waals surface area (Å²) in [6, 6.07) is 0.847. The normalized spacial score (nSPS) is 12.2. The molecule has 0 bridgehead atoms. The van der Waals surface area contributed by atoms with Gasteiger partial charge in [-0.1, -0.05) is 6.92 Å². The smallest absolute Gasteiger partial charge is 0.326 e. The summed E-state index contributed by atoms with van der Waals surface area (Å²) in [7, 11) is 1.46. The highest BCUT2D eigenvalue weighted by Gasteiger charge is 2.27. The average molecular weight is 225 g/mol. The van der Waals surface area contributed by atoms with E-state index >= 15 is 0 Å². The molecule has 0 saturated carbocycles. The first-order valence-electron chi connectivity index (χ1n) is 5.03. The fraction of sp³-hybridized carbons (Fsp3) is 0.455.